The van der Waals surface area contributed by atoms with Gasteiger partial charge in [0.15, 0.2) is 0 Å². The second-order valence-corrected chi connectivity index (χ2v) is 4.67. The van der Waals surface area contributed by atoms with E-state index < -0.39 is 0 Å². The third-order valence-electron chi connectivity index (χ3n) is 2.21. The third kappa shape index (κ3) is 2.84. The van der Waals surface area contributed by atoms with Crippen LogP contribution in [-0.2, 0) is 6.61 Å². The van der Waals surface area contributed by atoms with Crippen molar-refractivity contribution >= 4 is 11.8 Å². The molecule has 0 amide bonds. The van der Waals surface area contributed by atoms with E-state index in [4.69, 9.17) is 5.11 Å². The molecule has 1 N–H and O–H groups in total. The van der Waals surface area contributed by atoms with Gasteiger partial charge in [0, 0.05) is 11.1 Å². The lowest BCUT2D eigenvalue weighted by Gasteiger charge is -2.02. The van der Waals surface area contributed by atoms with Crippen molar-refractivity contribution in [3.63, 3.8) is 0 Å². The maximum Gasteiger partial charge on any atom is 0.101 e. The summed E-state index contributed by atoms with van der Waals surface area (Å²) in [5.41, 5.74) is 2.10. The van der Waals surface area contributed by atoms with E-state index in [1.54, 1.807) is 11.8 Å². The molecule has 2 nitrogen and oxygen atoms in total. The molecule has 0 atom stereocenters. The molecule has 0 aliphatic heterocycles. The molecule has 1 aromatic carbocycles. The zero-order chi connectivity index (χ0) is 11.4. The van der Waals surface area contributed by atoms with Crippen LogP contribution in [-0.4, -0.2) is 10.1 Å². The highest BCUT2D eigenvalue weighted by atomic mass is 32.2. The Morgan fingerprint density at radius 3 is 2.44 bits per heavy atom. The number of pyridine rings is 1. The molecule has 0 unspecified atom stereocenters. The van der Waals surface area contributed by atoms with Crippen LogP contribution in [0.4, 0.5) is 0 Å². The van der Waals surface area contributed by atoms with Gasteiger partial charge in [-0.2, -0.15) is 0 Å². The minimum atomic E-state index is 0.0910. The normalized spacial score (nSPS) is 10.4. The molecule has 0 aliphatic rings. The van der Waals surface area contributed by atoms with Crippen molar-refractivity contribution in [2.45, 2.75) is 23.5 Å². The van der Waals surface area contributed by atoms with E-state index in [1.165, 1.54) is 5.56 Å². The van der Waals surface area contributed by atoms with Crippen molar-refractivity contribution in [2.24, 2.45) is 0 Å². The minimum absolute atomic E-state index is 0.0910. The highest BCUT2D eigenvalue weighted by Gasteiger charge is 1.98. The molecule has 2 rings (SSSR count). The number of aryl methyl sites for hydroxylation is 1. The molecule has 0 radical (unpaired) electrons. The van der Waals surface area contributed by atoms with Crippen molar-refractivity contribution in [1.29, 1.82) is 0 Å². The Bertz CT molecular complexity index is 450. The number of aliphatic hydroxyl groups excluding tert-OH is 1. The summed E-state index contributed by atoms with van der Waals surface area (Å²) >= 11 is 1.62. The standard InChI is InChI=1S/C13H13NOS/c1-10-2-7-13(14-8-10)16-12-5-3-11(9-15)4-6-12/h2-8,15H,9H2,1H3. The maximum absolute atomic E-state index is 8.93. The van der Waals surface area contributed by atoms with Gasteiger partial charge < -0.3 is 5.11 Å². The molecule has 2 aromatic rings. The van der Waals surface area contributed by atoms with E-state index in [9.17, 15) is 0 Å². The van der Waals surface area contributed by atoms with Gasteiger partial charge in [0.25, 0.3) is 0 Å². The molecule has 0 spiro atoms. The van der Waals surface area contributed by atoms with Gasteiger partial charge in [-0.3, -0.25) is 0 Å². The van der Waals surface area contributed by atoms with E-state index in [0.29, 0.717) is 0 Å². The molecule has 1 aromatic heterocycles. The summed E-state index contributed by atoms with van der Waals surface area (Å²) in [5.74, 6) is 0. The Hall–Kier alpha value is -1.32. The van der Waals surface area contributed by atoms with E-state index >= 15 is 0 Å². The number of hydrogen-bond acceptors (Lipinski definition) is 3. The molecular formula is C13H13NOS. The summed E-state index contributed by atoms with van der Waals surface area (Å²) in [6, 6.07) is 11.9. The fraction of sp³-hybridized carbons (Fsp3) is 0.154. The number of nitrogens with zero attached hydrogens (tertiary/aromatic N) is 1. The van der Waals surface area contributed by atoms with Crippen LogP contribution >= 0.6 is 11.8 Å². The fourth-order valence-electron chi connectivity index (χ4n) is 1.30. The fourth-order valence-corrected chi connectivity index (χ4v) is 2.05. The lowest BCUT2D eigenvalue weighted by Crippen LogP contribution is -1.83. The van der Waals surface area contributed by atoms with Gasteiger partial charge in [-0.1, -0.05) is 30.0 Å². The second kappa shape index (κ2) is 5.14. The lowest BCUT2D eigenvalue weighted by atomic mass is 10.2. The number of hydrogen-bond donors (Lipinski definition) is 1. The smallest absolute Gasteiger partial charge is 0.101 e. The van der Waals surface area contributed by atoms with Gasteiger partial charge in [0.05, 0.1) is 6.61 Å². The van der Waals surface area contributed by atoms with E-state index in [2.05, 4.69) is 11.1 Å². The van der Waals surface area contributed by atoms with Gasteiger partial charge in [-0.15, -0.1) is 0 Å². The van der Waals surface area contributed by atoms with Crippen molar-refractivity contribution in [3.05, 3.63) is 53.7 Å². The predicted octanol–water partition coefficient (Wildman–Crippen LogP) is 3.03. The Labute approximate surface area is 99.4 Å². The van der Waals surface area contributed by atoms with Crippen molar-refractivity contribution in [1.82, 2.24) is 4.98 Å². The molecular weight excluding hydrogens is 218 g/mol. The van der Waals surface area contributed by atoms with Crippen LogP contribution in [0.2, 0.25) is 0 Å². The van der Waals surface area contributed by atoms with Gasteiger partial charge in [0.2, 0.25) is 0 Å². The topological polar surface area (TPSA) is 33.1 Å². The summed E-state index contributed by atoms with van der Waals surface area (Å²) in [4.78, 5) is 5.46. The Kier molecular flexibility index (Phi) is 3.59. The van der Waals surface area contributed by atoms with E-state index in [-0.39, 0.29) is 6.61 Å². The Balaban J connectivity index is 2.11. The SMILES string of the molecule is Cc1ccc(Sc2ccc(CO)cc2)nc1. The van der Waals surface area contributed by atoms with Crippen LogP contribution < -0.4 is 0 Å². The van der Waals surface area contributed by atoms with Crippen molar-refractivity contribution in [3.8, 4) is 0 Å². The van der Waals surface area contributed by atoms with E-state index in [1.807, 2.05) is 43.5 Å². The van der Waals surface area contributed by atoms with Gasteiger partial charge >= 0.3 is 0 Å². The molecule has 16 heavy (non-hydrogen) atoms. The highest BCUT2D eigenvalue weighted by Crippen LogP contribution is 2.25. The van der Waals surface area contributed by atoms with Crippen molar-refractivity contribution < 1.29 is 5.11 Å². The molecule has 1 heterocycles. The van der Waals surface area contributed by atoms with Crippen molar-refractivity contribution in [2.75, 3.05) is 0 Å². The molecule has 0 aliphatic carbocycles. The first-order chi connectivity index (χ1) is 7.78. The average molecular weight is 231 g/mol. The molecule has 82 valence electrons. The van der Waals surface area contributed by atoms with Crippen LogP contribution in [0.1, 0.15) is 11.1 Å². The molecule has 0 bridgehead atoms. The van der Waals surface area contributed by atoms with Crippen LogP contribution in [0.25, 0.3) is 0 Å². The lowest BCUT2D eigenvalue weighted by molar-refractivity contribution is 0.282. The maximum atomic E-state index is 8.93. The van der Waals surface area contributed by atoms with Gasteiger partial charge in [-0.25, -0.2) is 4.98 Å². The van der Waals surface area contributed by atoms with E-state index in [0.717, 1.165) is 15.5 Å². The first kappa shape index (κ1) is 11.2. The summed E-state index contributed by atoms with van der Waals surface area (Å²) in [6.07, 6.45) is 1.87. The number of rotatable bonds is 3. The number of aromatic nitrogens is 1. The third-order valence-corrected chi connectivity index (χ3v) is 3.17. The Morgan fingerprint density at radius 2 is 1.88 bits per heavy atom. The zero-order valence-corrected chi connectivity index (χ0v) is 9.87. The van der Waals surface area contributed by atoms with Crippen LogP contribution in [0.3, 0.4) is 0 Å². The first-order valence-electron chi connectivity index (χ1n) is 5.08. The van der Waals surface area contributed by atoms with Crippen LogP contribution in [0, 0.1) is 6.92 Å². The molecule has 0 saturated heterocycles. The summed E-state index contributed by atoms with van der Waals surface area (Å²) in [5, 5.41) is 9.92. The Morgan fingerprint density at radius 1 is 1.12 bits per heavy atom. The van der Waals surface area contributed by atoms with Gasteiger partial charge in [0.1, 0.15) is 5.03 Å². The molecule has 0 fully saturated rings. The number of benzene rings is 1. The summed E-state index contributed by atoms with van der Waals surface area (Å²) < 4.78 is 0. The quantitative estimate of drug-likeness (QED) is 0.881. The summed E-state index contributed by atoms with van der Waals surface area (Å²) in [6.45, 7) is 2.12. The average Bonchev–Trinajstić information content (AvgIpc) is 2.33. The molecule has 3 heteroatoms. The van der Waals surface area contributed by atoms with Crippen LogP contribution in [0.5, 0.6) is 0 Å². The largest absolute Gasteiger partial charge is 0.392 e. The predicted molar refractivity (Wildman–Crippen MR) is 65.5 cm³/mol. The van der Waals surface area contributed by atoms with Crippen LogP contribution in [0.15, 0.2) is 52.5 Å². The van der Waals surface area contributed by atoms with Gasteiger partial charge in [-0.05, 0) is 36.2 Å². The summed E-state index contributed by atoms with van der Waals surface area (Å²) in [7, 11) is 0. The first-order valence-corrected chi connectivity index (χ1v) is 5.90. The number of aliphatic hydroxyl groups is 1. The molecule has 0 saturated carbocycles. The second-order valence-electron chi connectivity index (χ2n) is 3.58. The monoisotopic (exact) mass is 231 g/mol. The highest BCUT2D eigenvalue weighted by molar-refractivity contribution is 7.99. The minimum Gasteiger partial charge on any atom is -0.392 e. The zero-order valence-electron chi connectivity index (χ0n) is 9.05.